The zero-order valence-electron chi connectivity index (χ0n) is 12.8. The molecule has 0 atom stereocenters. The van der Waals surface area contributed by atoms with Crippen molar-refractivity contribution in [2.24, 2.45) is 0 Å². The summed E-state index contributed by atoms with van der Waals surface area (Å²) in [7, 11) is 0. The molecular weight excluding hydrogens is 320 g/mol. The van der Waals surface area contributed by atoms with Crippen LogP contribution in [0, 0.1) is 0 Å². The smallest absolute Gasteiger partial charge is 0.297 e. The fraction of sp³-hybridized carbons (Fsp3) is 0.375. The highest BCUT2D eigenvalue weighted by atomic mass is 35.5. The lowest BCUT2D eigenvalue weighted by molar-refractivity contribution is -0.143. The molecule has 124 valence electrons. The monoisotopic (exact) mass is 338 g/mol. The molecule has 23 heavy (non-hydrogen) atoms. The molecule has 1 aromatic rings. The van der Waals surface area contributed by atoms with Gasteiger partial charge < -0.3 is 15.2 Å². The third kappa shape index (κ3) is 3.33. The van der Waals surface area contributed by atoms with Gasteiger partial charge in [0.25, 0.3) is 11.8 Å². The Balaban J connectivity index is 0.00000192. The number of rotatable bonds is 3. The minimum absolute atomic E-state index is 0. The van der Waals surface area contributed by atoms with E-state index in [0.717, 1.165) is 0 Å². The van der Waals surface area contributed by atoms with E-state index in [4.69, 9.17) is 15.2 Å². The van der Waals surface area contributed by atoms with E-state index in [0.29, 0.717) is 43.1 Å². The van der Waals surface area contributed by atoms with Gasteiger partial charge >= 0.3 is 0 Å². The fourth-order valence-corrected chi connectivity index (χ4v) is 2.69. The number of benzene rings is 1. The molecule has 1 saturated heterocycles. The lowest BCUT2D eigenvalue weighted by Crippen LogP contribution is -2.44. The molecule has 2 heterocycles. The van der Waals surface area contributed by atoms with E-state index in [9.17, 15) is 9.59 Å². The van der Waals surface area contributed by atoms with E-state index in [1.54, 1.807) is 31.2 Å². The number of halogens is 1. The second-order valence-electron chi connectivity index (χ2n) is 5.45. The Morgan fingerprint density at radius 3 is 2.35 bits per heavy atom. The summed E-state index contributed by atoms with van der Waals surface area (Å²) < 4.78 is 10.9. The first-order chi connectivity index (χ1) is 10.6. The van der Waals surface area contributed by atoms with E-state index in [2.05, 4.69) is 0 Å². The minimum Gasteiger partial charge on any atom is -0.451 e. The van der Waals surface area contributed by atoms with Crippen LogP contribution in [0.2, 0.25) is 0 Å². The molecule has 1 fully saturated rings. The maximum atomic E-state index is 12.6. The minimum atomic E-state index is -0.369. The van der Waals surface area contributed by atoms with Crippen LogP contribution in [0.3, 0.4) is 0 Å². The molecule has 2 aliphatic rings. The average Bonchev–Trinajstić information content (AvgIpc) is 2.74. The number of imide groups is 1. The number of anilines is 1. The second-order valence-corrected chi connectivity index (χ2v) is 5.45. The quantitative estimate of drug-likeness (QED) is 0.672. The molecule has 0 aliphatic carbocycles. The second kappa shape index (κ2) is 7.02. The van der Waals surface area contributed by atoms with Crippen molar-refractivity contribution in [3.63, 3.8) is 0 Å². The third-order valence-electron chi connectivity index (χ3n) is 3.95. The Kier molecular flexibility index (Phi) is 5.28. The van der Waals surface area contributed by atoms with Gasteiger partial charge in [-0.1, -0.05) is 0 Å². The van der Waals surface area contributed by atoms with E-state index in [-0.39, 0.29) is 36.0 Å². The molecule has 2 amide bonds. The topological polar surface area (TPSA) is 81.9 Å². The molecule has 0 saturated carbocycles. The Labute approximate surface area is 140 Å². The predicted molar refractivity (Wildman–Crippen MR) is 87.1 cm³/mol. The summed E-state index contributed by atoms with van der Waals surface area (Å²) in [6, 6.07) is 6.59. The summed E-state index contributed by atoms with van der Waals surface area (Å²) in [5, 5.41) is 0. The van der Waals surface area contributed by atoms with Crippen molar-refractivity contribution in [2.45, 2.75) is 25.8 Å². The zero-order valence-corrected chi connectivity index (χ0v) is 13.6. The molecule has 3 rings (SSSR count). The number of nitrogens with zero attached hydrogens (tertiary/aromatic N) is 1. The Hall–Kier alpha value is -2.05. The summed E-state index contributed by atoms with van der Waals surface area (Å²) in [6.45, 7) is 2.75. The summed E-state index contributed by atoms with van der Waals surface area (Å²) >= 11 is 0. The van der Waals surface area contributed by atoms with Crippen LogP contribution in [0.25, 0.3) is 0 Å². The SMILES string of the molecule is CC1=C(Oc2ccc(N)cc2)C(=O)N(C2CCOCC2)C1=O.Cl. The first-order valence-electron chi connectivity index (χ1n) is 7.28. The number of hydrogen-bond acceptors (Lipinski definition) is 5. The predicted octanol–water partition coefficient (Wildman–Crippen LogP) is 1.89. The molecule has 0 aromatic heterocycles. The summed E-state index contributed by atoms with van der Waals surface area (Å²) in [5.41, 5.74) is 6.57. The highest BCUT2D eigenvalue weighted by molar-refractivity contribution is 6.18. The van der Waals surface area contributed by atoms with Crippen molar-refractivity contribution in [1.29, 1.82) is 0 Å². The number of hydrogen-bond donors (Lipinski definition) is 1. The van der Waals surface area contributed by atoms with Gasteiger partial charge in [0.1, 0.15) is 5.75 Å². The number of nitrogens with two attached hydrogens (primary N) is 1. The lowest BCUT2D eigenvalue weighted by atomic mass is 10.1. The number of carbonyl (C=O) groups excluding carboxylic acids is 2. The van der Waals surface area contributed by atoms with E-state index >= 15 is 0 Å². The highest BCUT2D eigenvalue weighted by Gasteiger charge is 2.42. The third-order valence-corrected chi connectivity index (χ3v) is 3.95. The van der Waals surface area contributed by atoms with Gasteiger partial charge in [-0.05, 0) is 44.0 Å². The number of ether oxygens (including phenoxy) is 2. The number of amides is 2. The van der Waals surface area contributed by atoms with Crippen LogP contribution in [-0.2, 0) is 14.3 Å². The van der Waals surface area contributed by atoms with Crippen LogP contribution in [0.4, 0.5) is 5.69 Å². The van der Waals surface area contributed by atoms with Gasteiger partial charge in [0.15, 0.2) is 0 Å². The first kappa shape index (κ1) is 17.3. The molecule has 7 heteroatoms. The Morgan fingerprint density at radius 2 is 1.74 bits per heavy atom. The molecule has 2 N–H and O–H groups in total. The molecule has 0 spiro atoms. The van der Waals surface area contributed by atoms with Gasteiger partial charge in [-0.25, -0.2) is 0 Å². The maximum Gasteiger partial charge on any atom is 0.297 e. The van der Waals surface area contributed by atoms with Crippen molar-refractivity contribution in [2.75, 3.05) is 18.9 Å². The first-order valence-corrected chi connectivity index (χ1v) is 7.28. The molecular formula is C16H19ClN2O4. The number of nitrogen functional groups attached to an aromatic ring is 1. The largest absolute Gasteiger partial charge is 0.451 e. The molecule has 1 aromatic carbocycles. The maximum absolute atomic E-state index is 12.6. The van der Waals surface area contributed by atoms with Gasteiger partial charge in [0.2, 0.25) is 5.76 Å². The van der Waals surface area contributed by atoms with E-state index < -0.39 is 0 Å². The molecule has 0 radical (unpaired) electrons. The van der Waals surface area contributed by atoms with Crippen molar-refractivity contribution in [3.05, 3.63) is 35.6 Å². The van der Waals surface area contributed by atoms with Crippen LogP contribution < -0.4 is 10.5 Å². The van der Waals surface area contributed by atoms with E-state index in [1.807, 2.05) is 0 Å². The molecule has 6 nitrogen and oxygen atoms in total. The Morgan fingerprint density at radius 1 is 1.13 bits per heavy atom. The van der Waals surface area contributed by atoms with Gasteiger partial charge in [0, 0.05) is 24.9 Å². The van der Waals surface area contributed by atoms with Crippen molar-refractivity contribution in [3.8, 4) is 5.75 Å². The van der Waals surface area contributed by atoms with Crippen LogP contribution >= 0.6 is 12.4 Å². The fourth-order valence-electron chi connectivity index (χ4n) is 2.69. The van der Waals surface area contributed by atoms with Crippen LogP contribution in [0.1, 0.15) is 19.8 Å². The standard InChI is InChI=1S/C16H18N2O4.ClH/c1-10-14(22-13-4-2-11(17)3-5-13)16(20)18(15(10)19)12-6-8-21-9-7-12;/h2-5,12H,6-9,17H2,1H3;1H. The molecule has 2 aliphatic heterocycles. The average molecular weight is 339 g/mol. The summed E-state index contributed by atoms with van der Waals surface area (Å²) in [5.74, 6) is -0.0617. The normalized spacial score (nSPS) is 19.1. The molecule has 0 bridgehead atoms. The van der Waals surface area contributed by atoms with Crippen molar-refractivity contribution < 1.29 is 19.1 Å². The van der Waals surface area contributed by atoms with Crippen molar-refractivity contribution in [1.82, 2.24) is 4.90 Å². The lowest BCUT2D eigenvalue weighted by Gasteiger charge is -2.29. The number of carbonyl (C=O) groups is 2. The van der Waals surface area contributed by atoms with Gasteiger partial charge in [-0.15, -0.1) is 12.4 Å². The Bertz CT molecular complexity index is 636. The molecule has 0 unspecified atom stereocenters. The van der Waals surface area contributed by atoms with Gasteiger partial charge in [-0.2, -0.15) is 0 Å². The summed E-state index contributed by atoms with van der Waals surface area (Å²) in [4.78, 5) is 26.2. The highest BCUT2D eigenvalue weighted by Crippen LogP contribution is 2.28. The van der Waals surface area contributed by atoms with Crippen LogP contribution in [-0.4, -0.2) is 36.0 Å². The van der Waals surface area contributed by atoms with Gasteiger partial charge in [-0.3, -0.25) is 14.5 Å². The van der Waals surface area contributed by atoms with Crippen LogP contribution in [0.15, 0.2) is 35.6 Å². The summed E-state index contributed by atoms with van der Waals surface area (Å²) in [6.07, 6.45) is 1.33. The van der Waals surface area contributed by atoms with E-state index in [1.165, 1.54) is 4.90 Å². The van der Waals surface area contributed by atoms with Crippen LogP contribution in [0.5, 0.6) is 5.75 Å². The zero-order chi connectivity index (χ0) is 15.7. The van der Waals surface area contributed by atoms with Gasteiger partial charge in [0.05, 0.1) is 5.57 Å². The van der Waals surface area contributed by atoms with Crippen molar-refractivity contribution >= 4 is 29.9 Å².